The van der Waals surface area contributed by atoms with Crippen molar-refractivity contribution < 1.29 is 4.79 Å². The number of carbonyl (C=O) groups excluding carboxylic acids is 1. The largest absolute Gasteiger partial charge is 0.340 e. The smallest absolute Gasteiger partial charge is 0.133 e. The highest BCUT2D eigenvalue weighted by molar-refractivity contribution is 7.99. The summed E-state index contributed by atoms with van der Waals surface area (Å²) in [5.74, 6) is 0. The molecular weight excluding hydrogens is 378 g/mol. The molecule has 2 aliphatic rings. The standard InChI is InChI=1S/C21H24ClN3OS/c22-17-6-7-21-19(16-17)25(18-4-1-2-5-20(18)27-21)9-3-8-23-10-12-24(13-11-23)14-15-26/h1-2,4-7,15-16H,3,8-14H2. The van der Waals surface area contributed by atoms with E-state index < -0.39 is 0 Å². The Kier molecular flexibility index (Phi) is 6.03. The van der Waals surface area contributed by atoms with Gasteiger partial charge in [-0.1, -0.05) is 35.5 Å². The molecule has 2 heterocycles. The third-order valence-electron chi connectivity index (χ3n) is 5.24. The summed E-state index contributed by atoms with van der Waals surface area (Å²) in [6.07, 6.45) is 2.10. The summed E-state index contributed by atoms with van der Waals surface area (Å²) in [6.45, 7) is 6.68. The summed E-state index contributed by atoms with van der Waals surface area (Å²) in [5, 5.41) is 0.782. The van der Waals surface area contributed by atoms with Crippen LogP contribution >= 0.6 is 23.4 Å². The van der Waals surface area contributed by atoms with Gasteiger partial charge >= 0.3 is 0 Å². The zero-order valence-corrected chi connectivity index (χ0v) is 16.9. The predicted molar refractivity (Wildman–Crippen MR) is 113 cm³/mol. The van der Waals surface area contributed by atoms with Gasteiger partial charge in [0, 0.05) is 47.5 Å². The SMILES string of the molecule is O=CCN1CCN(CCCN2c3ccccc3Sc3ccc(Cl)cc32)CC1. The van der Waals surface area contributed by atoms with Crippen molar-refractivity contribution in [3.05, 3.63) is 47.5 Å². The van der Waals surface area contributed by atoms with Crippen LogP contribution in [0, 0.1) is 0 Å². The molecule has 4 rings (SSSR count). The van der Waals surface area contributed by atoms with Gasteiger partial charge in [0.15, 0.2) is 0 Å². The molecule has 2 aromatic rings. The molecule has 0 spiro atoms. The van der Waals surface area contributed by atoms with E-state index in [-0.39, 0.29) is 0 Å². The van der Waals surface area contributed by atoms with E-state index in [9.17, 15) is 4.79 Å². The quantitative estimate of drug-likeness (QED) is 0.677. The van der Waals surface area contributed by atoms with E-state index in [4.69, 9.17) is 11.6 Å². The topological polar surface area (TPSA) is 26.8 Å². The third-order valence-corrected chi connectivity index (χ3v) is 6.61. The van der Waals surface area contributed by atoms with Crippen LogP contribution in [0.1, 0.15) is 6.42 Å². The lowest BCUT2D eigenvalue weighted by Crippen LogP contribution is -2.47. The number of rotatable bonds is 6. The lowest BCUT2D eigenvalue weighted by Gasteiger charge is -2.35. The highest BCUT2D eigenvalue weighted by atomic mass is 35.5. The summed E-state index contributed by atoms with van der Waals surface area (Å²) in [6, 6.07) is 14.8. The zero-order valence-electron chi connectivity index (χ0n) is 15.3. The Balaban J connectivity index is 1.42. The maximum atomic E-state index is 10.7. The van der Waals surface area contributed by atoms with Crippen LogP contribution < -0.4 is 4.90 Å². The Hall–Kier alpha value is -1.53. The number of benzene rings is 2. The third kappa shape index (κ3) is 4.32. The minimum absolute atomic E-state index is 0.563. The number of hydrogen-bond donors (Lipinski definition) is 0. The average molecular weight is 402 g/mol. The molecule has 0 radical (unpaired) electrons. The van der Waals surface area contributed by atoms with E-state index in [1.807, 2.05) is 17.8 Å². The molecule has 0 aliphatic carbocycles. The van der Waals surface area contributed by atoms with Gasteiger partial charge in [-0.05, 0) is 43.3 Å². The number of fused-ring (bicyclic) bond motifs is 2. The van der Waals surface area contributed by atoms with Gasteiger partial charge in [0.1, 0.15) is 6.29 Å². The van der Waals surface area contributed by atoms with Gasteiger partial charge in [0.05, 0.1) is 17.9 Å². The summed E-state index contributed by atoms with van der Waals surface area (Å²) in [5.41, 5.74) is 2.48. The second-order valence-electron chi connectivity index (χ2n) is 7.00. The van der Waals surface area contributed by atoms with Gasteiger partial charge in [-0.2, -0.15) is 0 Å². The number of halogens is 1. The summed E-state index contributed by atoms with van der Waals surface area (Å²) >= 11 is 8.11. The maximum Gasteiger partial charge on any atom is 0.133 e. The molecule has 0 bridgehead atoms. The van der Waals surface area contributed by atoms with Crippen LogP contribution in [0.2, 0.25) is 5.02 Å². The van der Waals surface area contributed by atoms with Crippen LogP contribution in [0.4, 0.5) is 11.4 Å². The molecule has 2 aliphatic heterocycles. The maximum absolute atomic E-state index is 10.7. The van der Waals surface area contributed by atoms with E-state index in [0.717, 1.165) is 57.0 Å². The van der Waals surface area contributed by atoms with Crippen molar-refractivity contribution >= 4 is 41.0 Å². The second kappa shape index (κ2) is 8.65. The fourth-order valence-electron chi connectivity index (χ4n) is 3.80. The van der Waals surface area contributed by atoms with Gasteiger partial charge in [-0.25, -0.2) is 0 Å². The van der Waals surface area contributed by atoms with E-state index >= 15 is 0 Å². The molecule has 0 amide bonds. The van der Waals surface area contributed by atoms with Crippen molar-refractivity contribution in [1.29, 1.82) is 0 Å². The Labute approximate surface area is 170 Å². The lowest BCUT2D eigenvalue weighted by atomic mass is 10.2. The van der Waals surface area contributed by atoms with Crippen molar-refractivity contribution in [3.63, 3.8) is 0 Å². The first-order valence-corrected chi connectivity index (χ1v) is 10.7. The van der Waals surface area contributed by atoms with E-state index in [1.165, 1.54) is 21.2 Å². The van der Waals surface area contributed by atoms with Crippen molar-refractivity contribution in [3.8, 4) is 0 Å². The Morgan fingerprint density at radius 3 is 2.48 bits per heavy atom. The number of anilines is 2. The van der Waals surface area contributed by atoms with E-state index in [0.29, 0.717) is 6.54 Å². The van der Waals surface area contributed by atoms with Crippen molar-refractivity contribution in [2.45, 2.75) is 16.2 Å². The summed E-state index contributed by atoms with van der Waals surface area (Å²) in [7, 11) is 0. The van der Waals surface area contributed by atoms with Gasteiger partial charge in [-0.15, -0.1) is 0 Å². The van der Waals surface area contributed by atoms with Crippen LogP contribution in [0.25, 0.3) is 0 Å². The summed E-state index contributed by atoms with van der Waals surface area (Å²) in [4.78, 5) is 20.4. The van der Waals surface area contributed by atoms with Crippen LogP contribution in [0.5, 0.6) is 0 Å². The molecule has 4 nitrogen and oxygen atoms in total. The number of piperazine rings is 1. The van der Waals surface area contributed by atoms with Crippen LogP contribution in [-0.4, -0.2) is 61.9 Å². The molecule has 0 aromatic heterocycles. The number of hydrogen-bond acceptors (Lipinski definition) is 5. The number of carbonyl (C=O) groups is 1. The molecule has 6 heteroatoms. The molecule has 142 valence electrons. The molecule has 27 heavy (non-hydrogen) atoms. The normalized spacial score (nSPS) is 17.4. The molecule has 0 unspecified atom stereocenters. The predicted octanol–water partition coefficient (Wildman–Crippen LogP) is 4.15. The van der Waals surface area contributed by atoms with Crippen molar-refractivity contribution in [2.24, 2.45) is 0 Å². The highest BCUT2D eigenvalue weighted by Gasteiger charge is 2.23. The molecule has 0 saturated carbocycles. The van der Waals surface area contributed by atoms with E-state index in [2.05, 4.69) is 51.1 Å². The van der Waals surface area contributed by atoms with Crippen molar-refractivity contribution in [1.82, 2.24) is 9.80 Å². The number of para-hydroxylation sites is 1. The minimum Gasteiger partial charge on any atom is -0.340 e. The van der Waals surface area contributed by atoms with Crippen LogP contribution in [0.3, 0.4) is 0 Å². The Morgan fingerprint density at radius 2 is 1.67 bits per heavy atom. The molecular formula is C21H24ClN3OS. The van der Waals surface area contributed by atoms with Gasteiger partial charge < -0.3 is 14.6 Å². The number of aldehydes is 1. The Bertz CT molecular complexity index is 808. The van der Waals surface area contributed by atoms with Crippen LogP contribution in [-0.2, 0) is 4.79 Å². The molecule has 0 atom stereocenters. The average Bonchev–Trinajstić information content (AvgIpc) is 2.69. The first kappa shape index (κ1) is 18.8. The first-order chi connectivity index (χ1) is 13.2. The Morgan fingerprint density at radius 1 is 0.926 bits per heavy atom. The van der Waals surface area contributed by atoms with E-state index in [1.54, 1.807) is 0 Å². The molecule has 1 saturated heterocycles. The van der Waals surface area contributed by atoms with Gasteiger partial charge in [-0.3, -0.25) is 4.90 Å². The lowest BCUT2D eigenvalue weighted by molar-refractivity contribution is -0.109. The molecule has 2 aromatic carbocycles. The molecule has 0 N–H and O–H groups in total. The van der Waals surface area contributed by atoms with Crippen LogP contribution in [0.15, 0.2) is 52.3 Å². The monoisotopic (exact) mass is 401 g/mol. The van der Waals surface area contributed by atoms with Crippen molar-refractivity contribution in [2.75, 3.05) is 50.7 Å². The first-order valence-electron chi connectivity index (χ1n) is 9.47. The summed E-state index contributed by atoms with van der Waals surface area (Å²) < 4.78 is 0. The minimum atomic E-state index is 0.563. The fourth-order valence-corrected chi connectivity index (χ4v) is 5.04. The molecule has 1 fully saturated rings. The van der Waals surface area contributed by atoms with Gasteiger partial charge in [0.25, 0.3) is 0 Å². The highest BCUT2D eigenvalue weighted by Crippen LogP contribution is 2.48. The zero-order chi connectivity index (χ0) is 18.6. The fraction of sp³-hybridized carbons (Fsp3) is 0.381. The van der Waals surface area contributed by atoms with Gasteiger partial charge in [0.2, 0.25) is 0 Å². The second-order valence-corrected chi connectivity index (χ2v) is 8.52. The number of nitrogens with zero attached hydrogens (tertiary/aromatic N) is 3.